The minimum Gasteiger partial charge on any atom is -0.423 e. The highest BCUT2D eigenvalue weighted by Gasteiger charge is 2.32. The Morgan fingerprint density at radius 1 is 1.18 bits per heavy atom. The smallest absolute Gasteiger partial charge is 0.423 e. The third-order valence-corrected chi connectivity index (χ3v) is 2.14. The predicted molar refractivity (Wildman–Crippen MR) is 58.7 cm³/mol. The van der Waals surface area contributed by atoms with Gasteiger partial charge in [0.2, 0.25) is 0 Å². The van der Waals surface area contributed by atoms with E-state index in [1.54, 1.807) is 19.0 Å². The summed E-state index contributed by atoms with van der Waals surface area (Å²) in [6, 6.07) is 3.09. The zero-order chi connectivity index (χ0) is 13.2. The van der Waals surface area contributed by atoms with Crippen LogP contribution in [0.3, 0.4) is 0 Å². The van der Waals surface area contributed by atoms with Gasteiger partial charge in [-0.2, -0.15) is 13.2 Å². The van der Waals surface area contributed by atoms with E-state index < -0.39 is 18.9 Å². The van der Waals surface area contributed by atoms with Gasteiger partial charge in [0.25, 0.3) is 0 Å². The van der Waals surface area contributed by atoms with Gasteiger partial charge in [0.1, 0.15) is 0 Å². The van der Waals surface area contributed by atoms with Gasteiger partial charge in [-0.05, 0) is 31.2 Å². The third-order valence-electron chi connectivity index (χ3n) is 2.14. The summed E-state index contributed by atoms with van der Waals surface area (Å²) in [5.74, 6) is 0. The molecular weight excluding hydrogens is 234 g/mol. The average Bonchev–Trinajstić information content (AvgIpc) is 2.14. The van der Waals surface area contributed by atoms with E-state index in [4.69, 9.17) is 10.0 Å². The molecule has 0 heterocycles. The van der Waals surface area contributed by atoms with Crippen LogP contribution < -0.4 is 5.46 Å². The van der Waals surface area contributed by atoms with Crippen molar-refractivity contribution >= 4 is 12.6 Å². The number of hydrogen-bond donors (Lipinski definition) is 2. The Bertz CT molecular complexity index is 394. The Morgan fingerprint density at radius 2 is 1.76 bits per heavy atom. The summed E-state index contributed by atoms with van der Waals surface area (Å²) in [6.45, 7) is 0.295. The Kier molecular flexibility index (Phi) is 4.18. The van der Waals surface area contributed by atoms with Gasteiger partial charge >= 0.3 is 13.3 Å². The van der Waals surface area contributed by atoms with Crippen molar-refractivity contribution in [3.05, 3.63) is 29.3 Å². The van der Waals surface area contributed by atoms with E-state index >= 15 is 0 Å². The maximum atomic E-state index is 12.6. The molecule has 3 nitrogen and oxygen atoms in total. The van der Waals surface area contributed by atoms with Gasteiger partial charge in [-0.15, -0.1) is 0 Å². The molecule has 0 aliphatic rings. The highest BCUT2D eigenvalue weighted by atomic mass is 19.4. The summed E-state index contributed by atoms with van der Waals surface area (Å²) in [7, 11) is 1.53. The zero-order valence-corrected chi connectivity index (χ0v) is 9.49. The number of rotatable bonds is 3. The topological polar surface area (TPSA) is 43.7 Å². The van der Waals surface area contributed by atoms with Crippen molar-refractivity contribution in [2.24, 2.45) is 0 Å². The zero-order valence-electron chi connectivity index (χ0n) is 9.49. The molecule has 1 rings (SSSR count). The molecule has 0 radical (unpaired) electrons. The van der Waals surface area contributed by atoms with E-state index in [9.17, 15) is 13.2 Å². The van der Waals surface area contributed by atoms with E-state index in [1.807, 2.05) is 0 Å². The molecule has 0 aliphatic carbocycles. The number of hydrogen-bond acceptors (Lipinski definition) is 3. The van der Waals surface area contributed by atoms with Gasteiger partial charge in [-0.25, -0.2) is 0 Å². The Hall–Kier alpha value is -1.05. The average molecular weight is 247 g/mol. The highest BCUT2D eigenvalue weighted by Crippen LogP contribution is 2.29. The van der Waals surface area contributed by atoms with Crippen molar-refractivity contribution < 1.29 is 23.2 Å². The molecule has 0 saturated heterocycles. The number of alkyl halides is 3. The second kappa shape index (κ2) is 5.08. The van der Waals surface area contributed by atoms with E-state index in [0.29, 0.717) is 12.1 Å². The molecule has 1 aromatic carbocycles. The van der Waals surface area contributed by atoms with Crippen LogP contribution in [-0.2, 0) is 12.7 Å². The molecule has 0 aromatic heterocycles. The monoisotopic (exact) mass is 247 g/mol. The maximum absolute atomic E-state index is 12.6. The van der Waals surface area contributed by atoms with Crippen LogP contribution in [0.15, 0.2) is 18.2 Å². The molecule has 0 fully saturated rings. The minimum atomic E-state index is -4.49. The molecule has 0 unspecified atom stereocenters. The van der Waals surface area contributed by atoms with Gasteiger partial charge in [0, 0.05) is 6.54 Å². The maximum Gasteiger partial charge on any atom is 0.488 e. The first-order valence-corrected chi connectivity index (χ1v) is 4.92. The molecule has 0 atom stereocenters. The fourth-order valence-electron chi connectivity index (χ4n) is 1.49. The van der Waals surface area contributed by atoms with Gasteiger partial charge in [-0.1, -0.05) is 12.1 Å². The van der Waals surface area contributed by atoms with Crippen molar-refractivity contribution in [3.8, 4) is 0 Å². The first-order valence-electron chi connectivity index (χ1n) is 4.92. The van der Waals surface area contributed by atoms with Gasteiger partial charge in [0.05, 0.1) is 5.56 Å². The van der Waals surface area contributed by atoms with Crippen molar-refractivity contribution in [2.45, 2.75) is 12.7 Å². The molecule has 2 N–H and O–H groups in total. The fraction of sp³-hybridized carbons (Fsp3) is 0.400. The first-order chi connectivity index (χ1) is 7.70. The SMILES string of the molecule is CN(C)Cc1cc(B(O)O)cc(C(F)(F)F)c1. The highest BCUT2D eigenvalue weighted by molar-refractivity contribution is 6.58. The van der Waals surface area contributed by atoms with Crippen molar-refractivity contribution in [1.82, 2.24) is 4.90 Å². The van der Waals surface area contributed by atoms with Crippen molar-refractivity contribution in [2.75, 3.05) is 14.1 Å². The predicted octanol–water partition coefficient (Wildman–Crippen LogP) is 0.447. The normalized spacial score (nSPS) is 12.0. The van der Waals surface area contributed by atoms with Gasteiger partial charge in [0.15, 0.2) is 0 Å². The van der Waals surface area contributed by atoms with E-state index in [-0.39, 0.29) is 5.46 Å². The summed E-state index contributed by atoms with van der Waals surface area (Å²) in [5.41, 5.74) is -0.649. The third kappa shape index (κ3) is 4.03. The number of nitrogens with zero attached hydrogens (tertiary/aromatic N) is 1. The van der Waals surface area contributed by atoms with Crippen LogP contribution in [0, 0.1) is 0 Å². The molecule has 0 aliphatic heterocycles. The van der Waals surface area contributed by atoms with Crippen LogP contribution in [0.2, 0.25) is 0 Å². The molecule has 0 bridgehead atoms. The number of halogens is 3. The number of benzene rings is 1. The van der Waals surface area contributed by atoms with Gasteiger partial charge < -0.3 is 14.9 Å². The molecule has 0 spiro atoms. The molecule has 0 amide bonds. The quantitative estimate of drug-likeness (QED) is 0.762. The molecule has 1 aromatic rings. The lowest BCUT2D eigenvalue weighted by molar-refractivity contribution is -0.137. The van der Waals surface area contributed by atoms with Crippen LogP contribution in [-0.4, -0.2) is 36.2 Å². The molecule has 94 valence electrons. The lowest BCUT2D eigenvalue weighted by Crippen LogP contribution is -2.31. The van der Waals surface area contributed by atoms with Crippen LogP contribution >= 0.6 is 0 Å². The van der Waals surface area contributed by atoms with Crippen LogP contribution in [0.1, 0.15) is 11.1 Å². The summed E-state index contributed by atoms with van der Waals surface area (Å²) in [6.07, 6.45) is -4.49. The first kappa shape index (κ1) is 14.0. The van der Waals surface area contributed by atoms with Crippen molar-refractivity contribution in [3.63, 3.8) is 0 Å². The summed E-state index contributed by atoms with van der Waals surface area (Å²) in [4.78, 5) is 1.70. The Morgan fingerprint density at radius 3 is 2.18 bits per heavy atom. The Labute approximate surface area is 97.6 Å². The largest absolute Gasteiger partial charge is 0.488 e. The molecule has 7 heteroatoms. The van der Waals surface area contributed by atoms with Gasteiger partial charge in [-0.3, -0.25) is 0 Å². The Balaban J connectivity index is 3.19. The van der Waals surface area contributed by atoms with E-state index in [0.717, 1.165) is 12.1 Å². The second-order valence-electron chi connectivity index (χ2n) is 4.07. The molecule has 0 saturated carbocycles. The summed E-state index contributed by atoms with van der Waals surface area (Å²) >= 11 is 0. The van der Waals surface area contributed by atoms with Crippen LogP contribution in [0.5, 0.6) is 0 Å². The summed E-state index contributed by atoms with van der Waals surface area (Å²) in [5, 5.41) is 17.9. The minimum absolute atomic E-state index is 0.156. The molecular formula is C10H13BF3NO2. The summed E-state index contributed by atoms with van der Waals surface area (Å²) < 4.78 is 37.7. The second-order valence-corrected chi connectivity index (χ2v) is 4.07. The molecule has 17 heavy (non-hydrogen) atoms. The van der Waals surface area contributed by atoms with Crippen LogP contribution in [0.25, 0.3) is 0 Å². The standard InChI is InChI=1S/C10H13BF3NO2/c1-15(2)6-7-3-8(10(12,13)14)5-9(4-7)11(16)17/h3-5,16-17H,6H2,1-2H3. The van der Waals surface area contributed by atoms with Crippen molar-refractivity contribution in [1.29, 1.82) is 0 Å². The van der Waals surface area contributed by atoms with E-state index in [1.165, 1.54) is 6.07 Å². The van der Waals surface area contributed by atoms with E-state index in [2.05, 4.69) is 0 Å². The lowest BCUT2D eigenvalue weighted by atomic mass is 9.78. The fourth-order valence-corrected chi connectivity index (χ4v) is 1.49. The lowest BCUT2D eigenvalue weighted by Gasteiger charge is -2.14. The van der Waals surface area contributed by atoms with Crippen LogP contribution in [0.4, 0.5) is 13.2 Å².